The molecule has 1 unspecified atom stereocenters. The number of aryl methyl sites for hydroxylation is 2. The predicted molar refractivity (Wildman–Crippen MR) is 95.7 cm³/mol. The summed E-state index contributed by atoms with van der Waals surface area (Å²) in [5.41, 5.74) is 3.00. The number of benzene rings is 1. The summed E-state index contributed by atoms with van der Waals surface area (Å²) in [6.07, 6.45) is 12.8. The Hall–Kier alpha value is -2.36. The number of carbonyl (C=O) groups excluding carboxylic acids is 1. The molecule has 0 spiro atoms. The number of hydrogen-bond acceptors (Lipinski definition) is 2. The predicted octanol–water partition coefficient (Wildman–Crippen LogP) is 4.18. The molecule has 1 aromatic heterocycles. The molecular formula is C20H23N3O. The zero-order valence-electron chi connectivity index (χ0n) is 13.9. The van der Waals surface area contributed by atoms with Crippen molar-refractivity contribution in [3.63, 3.8) is 0 Å². The zero-order chi connectivity index (χ0) is 16.4. The second-order valence-electron chi connectivity index (χ2n) is 6.74. The summed E-state index contributed by atoms with van der Waals surface area (Å²) in [7, 11) is 0. The van der Waals surface area contributed by atoms with Crippen LogP contribution in [0.15, 0.2) is 42.6 Å². The summed E-state index contributed by atoms with van der Waals surface area (Å²) in [5, 5.41) is 3.04. The molecule has 1 atom stereocenters. The van der Waals surface area contributed by atoms with Gasteiger partial charge < -0.3 is 9.88 Å². The van der Waals surface area contributed by atoms with Gasteiger partial charge in [0.15, 0.2) is 0 Å². The Bertz CT molecular complexity index is 734. The summed E-state index contributed by atoms with van der Waals surface area (Å²) in [4.78, 5) is 17.0. The molecule has 1 aliphatic carbocycles. The molecule has 4 heteroatoms. The molecule has 0 fully saturated rings. The van der Waals surface area contributed by atoms with Crippen molar-refractivity contribution in [2.24, 2.45) is 5.92 Å². The topological polar surface area (TPSA) is 46.9 Å². The highest BCUT2D eigenvalue weighted by Crippen LogP contribution is 2.25. The maximum atomic E-state index is 12.3. The zero-order valence-corrected chi connectivity index (χ0v) is 13.9. The van der Waals surface area contributed by atoms with Crippen LogP contribution in [0.25, 0.3) is 11.3 Å². The molecule has 0 saturated heterocycles. The fraction of sp³-hybridized carbons (Fsp3) is 0.400. The minimum Gasteiger partial charge on any atom is -0.334 e. The smallest absolute Gasteiger partial charge is 0.227 e. The molecule has 0 saturated carbocycles. The van der Waals surface area contributed by atoms with Gasteiger partial charge in [0.2, 0.25) is 5.91 Å². The summed E-state index contributed by atoms with van der Waals surface area (Å²) >= 11 is 0. The van der Waals surface area contributed by atoms with E-state index in [-0.39, 0.29) is 11.8 Å². The lowest BCUT2D eigenvalue weighted by molar-refractivity contribution is -0.120. The average molecular weight is 321 g/mol. The van der Waals surface area contributed by atoms with Gasteiger partial charge in [-0.3, -0.25) is 4.79 Å². The maximum Gasteiger partial charge on any atom is 0.227 e. The van der Waals surface area contributed by atoms with E-state index in [2.05, 4.69) is 28.2 Å². The van der Waals surface area contributed by atoms with Crippen LogP contribution in [0.4, 0.5) is 5.69 Å². The number of rotatable bonds is 3. The van der Waals surface area contributed by atoms with Gasteiger partial charge in [-0.25, -0.2) is 4.98 Å². The summed E-state index contributed by atoms with van der Waals surface area (Å²) < 4.78 is 2.27. The first-order chi connectivity index (χ1) is 11.8. The number of imidazole rings is 1. The van der Waals surface area contributed by atoms with Crippen molar-refractivity contribution in [3.05, 3.63) is 48.4 Å². The van der Waals surface area contributed by atoms with Crippen molar-refractivity contribution in [3.8, 4) is 11.3 Å². The Morgan fingerprint density at radius 1 is 1.17 bits per heavy atom. The van der Waals surface area contributed by atoms with E-state index in [4.69, 9.17) is 4.98 Å². The Morgan fingerprint density at radius 3 is 2.79 bits per heavy atom. The maximum absolute atomic E-state index is 12.3. The third-order valence-electron chi connectivity index (χ3n) is 5.00. The second-order valence-corrected chi connectivity index (χ2v) is 6.74. The van der Waals surface area contributed by atoms with E-state index in [9.17, 15) is 4.79 Å². The van der Waals surface area contributed by atoms with Gasteiger partial charge in [-0.15, -0.1) is 0 Å². The number of anilines is 1. The minimum absolute atomic E-state index is 0.106. The van der Waals surface area contributed by atoms with Gasteiger partial charge in [0, 0.05) is 36.3 Å². The lowest BCUT2D eigenvalue weighted by Gasteiger charge is -2.17. The highest BCUT2D eigenvalue weighted by Gasteiger charge is 2.19. The first-order valence-corrected chi connectivity index (χ1v) is 8.92. The molecule has 1 amide bonds. The van der Waals surface area contributed by atoms with Crippen molar-refractivity contribution in [1.82, 2.24) is 9.55 Å². The van der Waals surface area contributed by atoms with Gasteiger partial charge in [-0.1, -0.05) is 24.3 Å². The molecule has 0 bridgehead atoms. The fourth-order valence-electron chi connectivity index (χ4n) is 3.55. The van der Waals surface area contributed by atoms with Crippen LogP contribution in [0.5, 0.6) is 0 Å². The number of hydrogen-bond donors (Lipinski definition) is 1. The van der Waals surface area contributed by atoms with Crippen molar-refractivity contribution >= 4 is 11.6 Å². The molecular weight excluding hydrogens is 298 g/mol. The molecule has 1 N–H and O–H groups in total. The van der Waals surface area contributed by atoms with E-state index in [1.54, 1.807) is 0 Å². The molecule has 2 aliphatic rings. The van der Waals surface area contributed by atoms with Gasteiger partial charge in [0.05, 0.1) is 5.69 Å². The Morgan fingerprint density at radius 2 is 2.04 bits per heavy atom. The standard InChI is InChI=1S/C20H23N3O/c24-20(16-6-2-1-3-7-16)21-17-11-9-15(10-12-17)18-14-23-13-5-4-8-19(23)22-18/h1-2,9-12,14,16H,3-8,13H2,(H,21,24). The highest BCUT2D eigenvalue weighted by atomic mass is 16.1. The Kier molecular flexibility index (Phi) is 4.20. The highest BCUT2D eigenvalue weighted by molar-refractivity contribution is 5.93. The lowest BCUT2D eigenvalue weighted by atomic mass is 9.93. The van der Waals surface area contributed by atoms with Crippen molar-refractivity contribution in [1.29, 1.82) is 0 Å². The van der Waals surface area contributed by atoms with Crippen LogP contribution >= 0.6 is 0 Å². The quantitative estimate of drug-likeness (QED) is 0.862. The van der Waals surface area contributed by atoms with E-state index in [0.717, 1.165) is 49.2 Å². The normalized spacial score (nSPS) is 19.8. The van der Waals surface area contributed by atoms with E-state index in [1.165, 1.54) is 18.7 Å². The summed E-state index contributed by atoms with van der Waals surface area (Å²) in [6.45, 7) is 1.08. The summed E-state index contributed by atoms with van der Waals surface area (Å²) in [6, 6.07) is 8.05. The van der Waals surface area contributed by atoms with Crippen LogP contribution in [0.3, 0.4) is 0 Å². The molecule has 2 heterocycles. The van der Waals surface area contributed by atoms with Gasteiger partial charge in [0.1, 0.15) is 5.82 Å². The second kappa shape index (κ2) is 6.63. The SMILES string of the molecule is O=C(Nc1ccc(-c2cn3c(n2)CCCC3)cc1)C1CC=CCC1. The summed E-state index contributed by atoms with van der Waals surface area (Å²) in [5.74, 6) is 1.43. The van der Waals surface area contributed by atoms with Crippen LogP contribution in [-0.4, -0.2) is 15.5 Å². The number of aromatic nitrogens is 2. The molecule has 24 heavy (non-hydrogen) atoms. The van der Waals surface area contributed by atoms with E-state index < -0.39 is 0 Å². The van der Waals surface area contributed by atoms with E-state index in [1.807, 2.05) is 24.3 Å². The third kappa shape index (κ3) is 3.14. The first-order valence-electron chi connectivity index (χ1n) is 8.92. The molecule has 1 aliphatic heterocycles. The minimum atomic E-state index is 0.106. The van der Waals surface area contributed by atoms with Crippen LogP contribution < -0.4 is 5.32 Å². The van der Waals surface area contributed by atoms with Gasteiger partial charge in [-0.05, 0) is 44.2 Å². The van der Waals surface area contributed by atoms with E-state index >= 15 is 0 Å². The number of fused-ring (bicyclic) bond motifs is 1. The lowest BCUT2D eigenvalue weighted by Crippen LogP contribution is -2.23. The molecule has 0 radical (unpaired) electrons. The molecule has 4 rings (SSSR count). The number of allylic oxidation sites excluding steroid dienone is 2. The van der Waals surface area contributed by atoms with Crippen molar-refractivity contribution in [2.45, 2.75) is 45.1 Å². The third-order valence-corrected chi connectivity index (χ3v) is 5.00. The monoisotopic (exact) mass is 321 g/mol. The number of amides is 1. The Labute approximate surface area is 142 Å². The van der Waals surface area contributed by atoms with Crippen LogP contribution in [-0.2, 0) is 17.8 Å². The first kappa shape index (κ1) is 15.2. The average Bonchev–Trinajstić information content (AvgIpc) is 3.07. The number of nitrogens with one attached hydrogen (secondary N) is 1. The molecule has 4 nitrogen and oxygen atoms in total. The van der Waals surface area contributed by atoms with E-state index in [0.29, 0.717) is 0 Å². The number of nitrogens with zero attached hydrogens (tertiary/aromatic N) is 2. The van der Waals surface area contributed by atoms with Gasteiger partial charge >= 0.3 is 0 Å². The largest absolute Gasteiger partial charge is 0.334 e. The van der Waals surface area contributed by atoms with Crippen molar-refractivity contribution < 1.29 is 4.79 Å². The Balaban J connectivity index is 1.45. The van der Waals surface area contributed by atoms with Gasteiger partial charge in [0.25, 0.3) is 0 Å². The van der Waals surface area contributed by atoms with Crippen LogP contribution in [0, 0.1) is 5.92 Å². The van der Waals surface area contributed by atoms with Crippen molar-refractivity contribution in [2.75, 3.05) is 5.32 Å². The fourth-order valence-corrected chi connectivity index (χ4v) is 3.55. The van der Waals surface area contributed by atoms with Crippen LogP contribution in [0.1, 0.15) is 37.9 Å². The molecule has 2 aromatic rings. The number of carbonyl (C=O) groups is 1. The van der Waals surface area contributed by atoms with Gasteiger partial charge in [-0.2, -0.15) is 0 Å². The van der Waals surface area contributed by atoms with Crippen LogP contribution in [0.2, 0.25) is 0 Å². The molecule has 1 aromatic carbocycles. The molecule has 124 valence electrons.